The molecule has 0 saturated carbocycles. The number of benzene rings is 1. The quantitative estimate of drug-likeness (QED) is 0.802. The van der Waals surface area contributed by atoms with Crippen LogP contribution in [0.4, 0.5) is 0 Å². The van der Waals surface area contributed by atoms with E-state index in [1.54, 1.807) is 17.0 Å². The smallest absolute Gasteiger partial charge is 0.253 e. The minimum Gasteiger partial charge on any atom is -0.379 e. The van der Waals surface area contributed by atoms with Crippen molar-refractivity contribution in [3.63, 3.8) is 0 Å². The molecule has 134 valence electrons. The van der Waals surface area contributed by atoms with Crippen LogP contribution in [-0.4, -0.2) is 62.9 Å². The zero-order valence-electron chi connectivity index (χ0n) is 13.9. The van der Waals surface area contributed by atoms with Gasteiger partial charge < -0.3 is 9.64 Å². The lowest BCUT2D eigenvalue weighted by Gasteiger charge is -2.29. The molecule has 2 saturated heterocycles. The van der Waals surface area contributed by atoms with Gasteiger partial charge in [-0.25, -0.2) is 8.42 Å². The van der Waals surface area contributed by atoms with Gasteiger partial charge in [-0.3, -0.25) is 4.79 Å². The van der Waals surface area contributed by atoms with Gasteiger partial charge in [-0.05, 0) is 31.0 Å². The molecule has 0 unspecified atom stereocenters. The van der Waals surface area contributed by atoms with Gasteiger partial charge in [0.25, 0.3) is 5.91 Å². The summed E-state index contributed by atoms with van der Waals surface area (Å²) < 4.78 is 32.0. The number of hydrogen-bond acceptors (Lipinski definition) is 5. The van der Waals surface area contributed by atoms with Crippen molar-refractivity contribution < 1.29 is 17.9 Å². The predicted molar refractivity (Wildman–Crippen MR) is 90.3 cm³/mol. The summed E-state index contributed by atoms with van der Waals surface area (Å²) in [4.78, 5) is 14.5. The number of morpholine rings is 1. The van der Waals surface area contributed by atoms with E-state index in [9.17, 15) is 13.2 Å². The number of piperidine rings is 1. The second kappa shape index (κ2) is 7.52. The van der Waals surface area contributed by atoms with E-state index in [0.717, 1.165) is 0 Å². The van der Waals surface area contributed by atoms with Crippen molar-refractivity contribution >= 4 is 15.9 Å². The van der Waals surface area contributed by atoms with Gasteiger partial charge in [-0.1, -0.05) is 6.07 Å². The van der Waals surface area contributed by atoms with Crippen LogP contribution in [0, 0.1) is 17.2 Å². The summed E-state index contributed by atoms with van der Waals surface area (Å²) in [6.45, 7) is 2.46. The first-order chi connectivity index (χ1) is 12.0. The van der Waals surface area contributed by atoms with E-state index < -0.39 is 10.0 Å². The number of amides is 1. The van der Waals surface area contributed by atoms with Gasteiger partial charge in [0.1, 0.15) is 0 Å². The van der Waals surface area contributed by atoms with E-state index in [1.165, 1.54) is 16.4 Å². The van der Waals surface area contributed by atoms with Crippen LogP contribution in [0.25, 0.3) is 0 Å². The number of nitrogens with zero attached hydrogens (tertiary/aromatic N) is 3. The largest absolute Gasteiger partial charge is 0.379 e. The number of rotatable bonds is 3. The van der Waals surface area contributed by atoms with Crippen molar-refractivity contribution in [2.45, 2.75) is 17.7 Å². The first-order valence-electron chi connectivity index (χ1n) is 8.39. The Balaban J connectivity index is 1.77. The molecule has 0 spiro atoms. The molecule has 2 aliphatic rings. The molecule has 1 aromatic rings. The molecule has 3 rings (SSSR count). The third-order valence-corrected chi connectivity index (χ3v) is 6.55. The molecule has 0 bridgehead atoms. The van der Waals surface area contributed by atoms with Crippen LogP contribution in [0.1, 0.15) is 23.2 Å². The van der Waals surface area contributed by atoms with Crippen molar-refractivity contribution in [3.8, 4) is 6.07 Å². The van der Waals surface area contributed by atoms with Gasteiger partial charge in [-0.2, -0.15) is 9.57 Å². The maximum Gasteiger partial charge on any atom is 0.253 e. The van der Waals surface area contributed by atoms with Gasteiger partial charge in [0.2, 0.25) is 10.0 Å². The summed E-state index contributed by atoms with van der Waals surface area (Å²) in [5, 5.41) is 8.95. The van der Waals surface area contributed by atoms with Gasteiger partial charge in [0, 0.05) is 37.7 Å². The second-order valence-electron chi connectivity index (χ2n) is 6.24. The molecule has 8 heteroatoms. The topological polar surface area (TPSA) is 90.7 Å². The summed E-state index contributed by atoms with van der Waals surface area (Å²) in [5.41, 5.74) is 0.366. The third kappa shape index (κ3) is 3.84. The molecule has 7 nitrogen and oxygen atoms in total. The van der Waals surface area contributed by atoms with Crippen LogP contribution in [0.15, 0.2) is 29.2 Å². The SMILES string of the molecule is N#CC1CCN(C(=O)c2cccc(S(=O)(=O)N3CCOCC3)c2)CC1. The van der Waals surface area contributed by atoms with Crippen LogP contribution in [0.5, 0.6) is 0 Å². The summed E-state index contributed by atoms with van der Waals surface area (Å²) in [5.74, 6) is -0.188. The van der Waals surface area contributed by atoms with Gasteiger partial charge >= 0.3 is 0 Å². The average Bonchev–Trinajstić information content (AvgIpc) is 2.68. The van der Waals surface area contributed by atoms with Crippen LogP contribution in [-0.2, 0) is 14.8 Å². The van der Waals surface area contributed by atoms with E-state index >= 15 is 0 Å². The Morgan fingerprint density at radius 2 is 1.84 bits per heavy atom. The van der Waals surface area contributed by atoms with Crippen LogP contribution in [0.3, 0.4) is 0 Å². The second-order valence-corrected chi connectivity index (χ2v) is 8.18. The fraction of sp³-hybridized carbons (Fsp3) is 0.529. The molecule has 2 fully saturated rings. The maximum atomic E-state index is 12.7. The minimum atomic E-state index is -3.62. The molecule has 0 aromatic heterocycles. The zero-order valence-corrected chi connectivity index (χ0v) is 14.7. The molecule has 1 aromatic carbocycles. The van der Waals surface area contributed by atoms with E-state index in [0.29, 0.717) is 57.8 Å². The Hall–Kier alpha value is -1.95. The molecule has 2 aliphatic heterocycles. The fourth-order valence-corrected chi connectivity index (χ4v) is 4.57. The van der Waals surface area contributed by atoms with E-state index in [1.807, 2.05) is 0 Å². The number of ether oxygens (including phenoxy) is 1. The van der Waals surface area contributed by atoms with Crippen molar-refractivity contribution in [1.82, 2.24) is 9.21 Å². The van der Waals surface area contributed by atoms with Gasteiger partial charge in [-0.15, -0.1) is 0 Å². The van der Waals surface area contributed by atoms with Gasteiger partial charge in [0.05, 0.1) is 24.2 Å². The lowest BCUT2D eigenvalue weighted by atomic mass is 9.98. The number of sulfonamides is 1. The number of likely N-dealkylation sites (tertiary alicyclic amines) is 1. The molecule has 1 amide bonds. The van der Waals surface area contributed by atoms with Gasteiger partial charge in [0.15, 0.2) is 0 Å². The molecule has 0 aliphatic carbocycles. The summed E-state index contributed by atoms with van der Waals surface area (Å²) in [6.07, 6.45) is 1.32. The standard InChI is InChI=1S/C17H21N3O4S/c18-13-14-4-6-19(7-5-14)17(21)15-2-1-3-16(12-15)25(22,23)20-8-10-24-11-9-20/h1-3,12,14H,4-11H2. The number of nitriles is 1. The highest BCUT2D eigenvalue weighted by Gasteiger charge is 2.28. The van der Waals surface area contributed by atoms with E-state index in [-0.39, 0.29) is 16.7 Å². The Bertz CT molecular complexity index is 773. The van der Waals surface area contributed by atoms with Crippen molar-refractivity contribution in [2.24, 2.45) is 5.92 Å². The molecule has 25 heavy (non-hydrogen) atoms. The Labute approximate surface area is 147 Å². The first kappa shape index (κ1) is 17.9. The highest BCUT2D eigenvalue weighted by atomic mass is 32.2. The highest BCUT2D eigenvalue weighted by molar-refractivity contribution is 7.89. The fourth-order valence-electron chi connectivity index (χ4n) is 3.12. The van der Waals surface area contributed by atoms with E-state index in [4.69, 9.17) is 10.00 Å². The summed E-state index contributed by atoms with van der Waals surface area (Å²) >= 11 is 0. The summed E-state index contributed by atoms with van der Waals surface area (Å²) in [6, 6.07) is 8.44. The van der Waals surface area contributed by atoms with Crippen molar-refractivity contribution in [3.05, 3.63) is 29.8 Å². The van der Waals surface area contributed by atoms with Crippen LogP contribution >= 0.6 is 0 Å². The number of carbonyl (C=O) groups is 1. The number of carbonyl (C=O) groups excluding carboxylic acids is 1. The van der Waals surface area contributed by atoms with E-state index in [2.05, 4.69) is 6.07 Å². The van der Waals surface area contributed by atoms with Crippen molar-refractivity contribution in [2.75, 3.05) is 39.4 Å². The highest BCUT2D eigenvalue weighted by Crippen LogP contribution is 2.21. The summed E-state index contributed by atoms with van der Waals surface area (Å²) in [7, 11) is -3.62. The predicted octanol–water partition coefficient (Wildman–Crippen LogP) is 1.08. The molecular weight excluding hydrogens is 342 g/mol. The normalized spacial score (nSPS) is 20.2. The molecular formula is C17H21N3O4S. The third-order valence-electron chi connectivity index (χ3n) is 4.65. The monoisotopic (exact) mass is 363 g/mol. The van der Waals surface area contributed by atoms with Crippen molar-refractivity contribution in [1.29, 1.82) is 5.26 Å². The Morgan fingerprint density at radius 1 is 1.16 bits per heavy atom. The zero-order chi connectivity index (χ0) is 17.9. The first-order valence-corrected chi connectivity index (χ1v) is 9.83. The minimum absolute atomic E-state index is 0.00270. The average molecular weight is 363 g/mol. The van der Waals surface area contributed by atoms with Crippen LogP contribution < -0.4 is 0 Å². The number of hydrogen-bond donors (Lipinski definition) is 0. The molecule has 0 radical (unpaired) electrons. The molecule has 0 N–H and O–H groups in total. The molecule has 0 atom stereocenters. The van der Waals surface area contributed by atoms with Crippen LogP contribution in [0.2, 0.25) is 0 Å². The maximum absolute atomic E-state index is 12.7. The lowest BCUT2D eigenvalue weighted by molar-refractivity contribution is 0.0706. The Morgan fingerprint density at radius 3 is 2.48 bits per heavy atom. The lowest BCUT2D eigenvalue weighted by Crippen LogP contribution is -2.41. The Kier molecular flexibility index (Phi) is 5.37. The molecule has 2 heterocycles.